The van der Waals surface area contributed by atoms with E-state index in [-0.39, 0.29) is 23.8 Å². The third-order valence-electron chi connectivity index (χ3n) is 5.21. The van der Waals surface area contributed by atoms with E-state index < -0.39 is 11.1 Å². The minimum absolute atomic E-state index is 0.229. The average Bonchev–Trinajstić information content (AvgIpc) is 3.13. The number of halogens is 2. The number of ketones is 1. The molecule has 1 aliphatic heterocycles. The van der Waals surface area contributed by atoms with Crippen molar-refractivity contribution in [3.8, 4) is 11.5 Å². The fourth-order valence-corrected chi connectivity index (χ4v) is 4.60. The van der Waals surface area contributed by atoms with Gasteiger partial charge in [-0.3, -0.25) is 19.3 Å². The van der Waals surface area contributed by atoms with E-state index in [2.05, 4.69) is 0 Å². The van der Waals surface area contributed by atoms with E-state index >= 15 is 0 Å². The van der Waals surface area contributed by atoms with Crippen molar-refractivity contribution in [2.45, 2.75) is 13.5 Å². The maximum atomic E-state index is 12.9. The Hall–Kier alpha value is -3.26. The number of thioether (sulfide) groups is 1. The second-order valence-corrected chi connectivity index (χ2v) is 9.54. The summed E-state index contributed by atoms with van der Waals surface area (Å²) in [5.41, 5.74) is 1.94. The minimum atomic E-state index is -0.507. The Morgan fingerprint density at radius 3 is 2.44 bits per heavy atom. The number of ether oxygens (including phenoxy) is 2. The first kappa shape index (κ1) is 25.8. The summed E-state index contributed by atoms with van der Waals surface area (Å²) >= 11 is 12.8. The molecule has 0 radical (unpaired) electrons. The normalized spacial score (nSPS) is 14.4. The zero-order valence-electron chi connectivity index (χ0n) is 19.2. The molecule has 1 saturated heterocycles. The summed E-state index contributed by atoms with van der Waals surface area (Å²) in [6.45, 7) is 2.21. The third-order valence-corrected chi connectivity index (χ3v) is 6.86. The van der Waals surface area contributed by atoms with Gasteiger partial charge in [0.05, 0.1) is 28.1 Å². The molecule has 0 saturated carbocycles. The molecule has 0 spiro atoms. The molecule has 0 aromatic heterocycles. The maximum Gasteiger partial charge on any atom is 0.293 e. The molecule has 0 atom stereocenters. The highest BCUT2D eigenvalue weighted by Gasteiger charge is 2.36. The molecule has 4 rings (SSSR count). The van der Waals surface area contributed by atoms with E-state index in [4.69, 9.17) is 32.7 Å². The smallest absolute Gasteiger partial charge is 0.293 e. The van der Waals surface area contributed by atoms with Crippen LogP contribution in [0.1, 0.15) is 28.4 Å². The Morgan fingerprint density at radius 2 is 1.72 bits per heavy atom. The number of imide groups is 1. The summed E-state index contributed by atoms with van der Waals surface area (Å²) in [5, 5.41) is 0.424. The van der Waals surface area contributed by atoms with Gasteiger partial charge in [0.1, 0.15) is 6.61 Å². The lowest BCUT2D eigenvalue weighted by Gasteiger charge is -2.13. The van der Waals surface area contributed by atoms with E-state index in [1.54, 1.807) is 66.7 Å². The molecule has 9 heteroatoms. The Bertz CT molecular complexity index is 1340. The van der Waals surface area contributed by atoms with Crippen LogP contribution >= 0.6 is 35.0 Å². The van der Waals surface area contributed by atoms with Crippen molar-refractivity contribution in [1.29, 1.82) is 0 Å². The van der Waals surface area contributed by atoms with Gasteiger partial charge in [0.15, 0.2) is 17.3 Å². The molecular weight excluding hydrogens is 521 g/mol. The molecule has 0 bridgehead atoms. The van der Waals surface area contributed by atoms with Crippen LogP contribution in [0.3, 0.4) is 0 Å². The Labute approximate surface area is 222 Å². The van der Waals surface area contributed by atoms with Crippen LogP contribution in [0, 0.1) is 0 Å². The van der Waals surface area contributed by atoms with Crippen molar-refractivity contribution in [1.82, 2.24) is 4.90 Å². The van der Waals surface area contributed by atoms with Gasteiger partial charge < -0.3 is 9.47 Å². The number of rotatable bonds is 9. The Morgan fingerprint density at radius 1 is 0.944 bits per heavy atom. The molecule has 1 aliphatic rings. The van der Waals surface area contributed by atoms with Gasteiger partial charge in [-0.15, -0.1) is 0 Å². The predicted molar refractivity (Wildman–Crippen MR) is 142 cm³/mol. The number of carbonyl (C=O) groups is 3. The SMILES string of the molecule is CCOc1cc(/C=C2/SC(=O)N(CC(=O)c3ccccc3)C2=O)ccc1OCc1ccc(Cl)c(Cl)c1. The summed E-state index contributed by atoms with van der Waals surface area (Å²) in [6, 6.07) is 19.0. The molecule has 0 N–H and O–H groups in total. The number of benzene rings is 3. The number of Topliss-reactive ketones (excluding diaryl/α,β-unsaturated/α-hetero) is 1. The fourth-order valence-electron chi connectivity index (χ4n) is 3.44. The Kier molecular flexibility index (Phi) is 8.36. The molecule has 0 unspecified atom stereocenters. The number of hydrogen-bond donors (Lipinski definition) is 0. The summed E-state index contributed by atoms with van der Waals surface area (Å²) in [5.74, 6) is 0.194. The van der Waals surface area contributed by atoms with Crippen LogP contribution in [-0.4, -0.2) is 35.0 Å². The predicted octanol–water partition coefficient (Wildman–Crippen LogP) is 6.89. The van der Waals surface area contributed by atoms with Crippen molar-refractivity contribution in [2.75, 3.05) is 13.2 Å². The molecule has 3 aromatic carbocycles. The summed E-state index contributed by atoms with van der Waals surface area (Å²) in [6.07, 6.45) is 1.60. The van der Waals surface area contributed by atoms with E-state index in [0.29, 0.717) is 39.3 Å². The van der Waals surface area contributed by atoms with Crippen LogP contribution in [0.2, 0.25) is 10.0 Å². The molecular formula is C27H21Cl2NO5S. The van der Waals surface area contributed by atoms with Crippen LogP contribution in [0.15, 0.2) is 71.6 Å². The first-order chi connectivity index (χ1) is 17.4. The zero-order valence-corrected chi connectivity index (χ0v) is 21.5. The van der Waals surface area contributed by atoms with Crippen molar-refractivity contribution in [3.05, 3.63) is 98.4 Å². The monoisotopic (exact) mass is 541 g/mol. The van der Waals surface area contributed by atoms with Gasteiger partial charge in [-0.2, -0.15) is 0 Å². The van der Waals surface area contributed by atoms with Crippen LogP contribution < -0.4 is 9.47 Å². The second kappa shape index (κ2) is 11.6. The highest BCUT2D eigenvalue weighted by molar-refractivity contribution is 8.18. The van der Waals surface area contributed by atoms with Gasteiger partial charge in [-0.25, -0.2) is 0 Å². The van der Waals surface area contributed by atoms with E-state index in [1.165, 1.54) is 0 Å². The van der Waals surface area contributed by atoms with Crippen molar-refractivity contribution in [2.24, 2.45) is 0 Å². The van der Waals surface area contributed by atoms with Crippen LogP contribution in [0.25, 0.3) is 6.08 Å². The first-order valence-corrected chi connectivity index (χ1v) is 12.6. The molecule has 36 heavy (non-hydrogen) atoms. The number of nitrogens with zero attached hydrogens (tertiary/aromatic N) is 1. The Balaban J connectivity index is 1.49. The molecule has 6 nitrogen and oxygen atoms in total. The second-order valence-electron chi connectivity index (χ2n) is 7.73. The highest BCUT2D eigenvalue weighted by atomic mass is 35.5. The molecule has 3 aromatic rings. The van der Waals surface area contributed by atoms with Gasteiger partial charge in [0, 0.05) is 5.56 Å². The van der Waals surface area contributed by atoms with Crippen LogP contribution in [0.4, 0.5) is 4.79 Å². The minimum Gasteiger partial charge on any atom is -0.490 e. The molecule has 1 heterocycles. The fraction of sp³-hybridized carbons (Fsp3) is 0.148. The number of amides is 2. The van der Waals surface area contributed by atoms with Crippen LogP contribution in [0.5, 0.6) is 11.5 Å². The molecule has 2 amide bonds. The summed E-state index contributed by atoms with van der Waals surface area (Å²) in [7, 11) is 0. The topological polar surface area (TPSA) is 72.9 Å². The lowest BCUT2D eigenvalue weighted by atomic mass is 10.1. The van der Waals surface area contributed by atoms with E-state index in [9.17, 15) is 14.4 Å². The van der Waals surface area contributed by atoms with Gasteiger partial charge >= 0.3 is 0 Å². The lowest BCUT2D eigenvalue weighted by molar-refractivity contribution is -0.122. The average molecular weight is 542 g/mol. The standard InChI is InChI=1S/C27H21Cl2NO5S/c1-2-34-24-13-17(9-11-23(24)35-16-18-8-10-20(28)21(29)12-18)14-25-26(32)30(27(33)36-25)15-22(31)19-6-4-3-5-7-19/h3-14H,2,15-16H2,1H3/b25-14+. The van der Waals surface area contributed by atoms with E-state index in [1.807, 2.05) is 13.0 Å². The quantitative estimate of drug-likeness (QED) is 0.217. The van der Waals surface area contributed by atoms with E-state index in [0.717, 1.165) is 22.2 Å². The van der Waals surface area contributed by atoms with Gasteiger partial charge in [-0.05, 0) is 60.2 Å². The van der Waals surface area contributed by atoms with Gasteiger partial charge in [0.25, 0.3) is 11.1 Å². The largest absolute Gasteiger partial charge is 0.490 e. The zero-order chi connectivity index (χ0) is 25.7. The molecule has 0 aliphatic carbocycles. The van der Waals surface area contributed by atoms with Crippen molar-refractivity contribution in [3.63, 3.8) is 0 Å². The maximum absolute atomic E-state index is 12.9. The summed E-state index contributed by atoms with van der Waals surface area (Å²) < 4.78 is 11.6. The third kappa shape index (κ3) is 6.10. The van der Waals surface area contributed by atoms with Crippen LogP contribution in [-0.2, 0) is 11.4 Å². The number of hydrogen-bond acceptors (Lipinski definition) is 6. The van der Waals surface area contributed by atoms with Crippen molar-refractivity contribution >= 4 is 58.0 Å². The molecule has 184 valence electrons. The lowest BCUT2D eigenvalue weighted by Crippen LogP contribution is -2.33. The number of carbonyl (C=O) groups excluding carboxylic acids is 3. The first-order valence-electron chi connectivity index (χ1n) is 11.0. The van der Waals surface area contributed by atoms with Gasteiger partial charge in [-0.1, -0.05) is 65.7 Å². The summed E-state index contributed by atoms with van der Waals surface area (Å²) in [4.78, 5) is 39.0. The van der Waals surface area contributed by atoms with Gasteiger partial charge in [0.2, 0.25) is 0 Å². The van der Waals surface area contributed by atoms with Crippen molar-refractivity contribution < 1.29 is 23.9 Å². The molecule has 1 fully saturated rings. The highest BCUT2D eigenvalue weighted by Crippen LogP contribution is 2.35.